The Morgan fingerprint density at radius 3 is 2.42 bits per heavy atom. The van der Waals surface area contributed by atoms with Crippen molar-refractivity contribution in [3.05, 3.63) is 71.3 Å². The topological polar surface area (TPSA) is 78.7 Å². The number of nitrogens with one attached hydrogen (secondary N) is 1. The zero-order valence-electron chi connectivity index (χ0n) is 14.9. The van der Waals surface area contributed by atoms with Gasteiger partial charge >= 0.3 is 6.03 Å². The van der Waals surface area contributed by atoms with Crippen LogP contribution in [0.5, 0.6) is 0 Å². The van der Waals surface area contributed by atoms with Crippen molar-refractivity contribution in [2.24, 2.45) is 5.73 Å². The van der Waals surface area contributed by atoms with E-state index in [9.17, 15) is 9.59 Å². The Morgan fingerprint density at radius 2 is 1.77 bits per heavy atom. The number of carbonyl (C=O) groups is 2. The lowest BCUT2D eigenvalue weighted by Gasteiger charge is -2.40. The van der Waals surface area contributed by atoms with Crippen molar-refractivity contribution in [3.8, 4) is 0 Å². The van der Waals surface area contributed by atoms with E-state index in [1.54, 1.807) is 12.1 Å². The average molecular weight is 352 g/mol. The van der Waals surface area contributed by atoms with Gasteiger partial charge in [0.1, 0.15) is 0 Å². The molecule has 0 radical (unpaired) electrons. The largest absolute Gasteiger partial charge is 0.352 e. The number of amides is 3. The minimum absolute atomic E-state index is 0.0290. The van der Waals surface area contributed by atoms with Gasteiger partial charge in [-0.25, -0.2) is 4.79 Å². The van der Waals surface area contributed by atoms with Crippen LogP contribution >= 0.6 is 0 Å². The van der Waals surface area contributed by atoms with Crippen LogP contribution in [0.3, 0.4) is 0 Å². The highest BCUT2D eigenvalue weighted by Crippen LogP contribution is 2.26. The van der Waals surface area contributed by atoms with E-state index < -0.39 is 6.03 Å². The van der Waals surface area contributed by atoms with Crippen molar-refractivity contribution >= 4 is 11.9 Å². The lowest BCUT2D eigenvalue weighted by molar-refractivity contribution is 0.0498. The molecule has 0 bridgehead atoms. The third kappa shape index (κ3) is 4.21. The highest BCUT2D eigenvalue weighted by Gasteiger charge is 2.30. The molecule has 0 unspecified atom stereocenters. The standard InChI is InChI=1S/C20H24N4O2/c1-23-11-12-24(18(14-23)16-5-3-2-4-6-16)19(25)17-9-7-15(8-10-17)13-22-20(21)26/h2-10,18H,11-14H2,1H3,(H3,21,22,26)/t18-/m0/s1. The predicted molar refractivity (Wildman–Crippen MR) is 101 cm³/mol. The maximum absolute atomic E-state index is 13.1. The molecule has 2 aromatic carbocycles. The first kappa shape index (κ1) is 17.9. The summed E-state index contributed by atoms with van der Waals surface area (Å²) < 4.78 is 0. The molecule has 3 amide bonds. The Kier molecular flexibility index (Phi) is 5.53. The van der Waals surface area contributed by atoms with E-state index >= 15 is 0 Å². The zero-order valence-corrected chi connectivity index (χ0v) is 14.9. The van der Waals surface area contributed by atoms with Gasteiger partial charge in [-0.15, -0.1) is 0 Å². The second-order valence-electron chi connectivity index (χ2n) is 6.60. The summed E-state index contributed by atoms with van der Waals surface area (Å²) >= 11 is 0. The Labute approximate surface area is 153 Å². The second-order valence-corrected chi connectivity index (χ2v) is 6.60. The van der Waals surface area contributed by atoms with E-state index in [0.717, 1.165) is 24.2 Å². The van der Waals surface area contributed by atoms with Gasteiger partial charge in [-0.3, -0.25) is 4.79 Å². The molecule has 1 saturated heterocycles. The number of piperazine rings is 1. The maximum atomic E-state index is 13.1. The smallest absolute Gasteiger partial charge is 0.312 e. The molecule has 26 heavy (non-hydrogen) atoms. The number of urea groups is 1. The van der Waals surface area contributed by atoms with Crippen LogP contribution in [0.1, 0.15) is 27.5 Å². The van der Waals surface area contributed by atoms with Crippen LogP contribution in [0.15, 0.2) is 54.6 Å². The fourth-order valence-electron chi connectivity index (χ4n) is 3.24. The first-order valence-corrected chi connectivity index (χ1v) is 8.71. The molecule has 1 aliphatic heterocycles. The molecular weight excluding hydrogens is 328 g/mol. The predicted octanol–water partition coefficient (Wildman–Crippen LogP) is 1.98. The summed E-state index contributed by atoms with van der Waals surface area (Å²) in [5.74, 6) is 0.0290. The normalized spacial score (nSPS) is 17.7. The van der Waals surface area contributed by atoms with E-state index in [0.29, 0.717) is 18.7 Å². The van der Waals surface area contributed by atoms with Crippen molar-refractivity contribution in [1.82, 2.24) is 15.1 Å². The number of rotatable bonds is 4. The number of hydrogen-bond acceptors (Lipinski definition) is 3. The van der Waals surface area contributed by atoms with Crippen LogP contribution in [0.4, 0.5) is 4.79 Å². The van der Waals surface area contributed by atoms with Gasteiger partial charge in [0.15, 0.2) is 0 Å². The first-order chi connectivity index (χ1) is 12.5. The minimum Gasteiger partial charge on any atom is -0.352 e. The first-order valence-electron chi connectivity index (χ1n) is 8.71. The summed E-state index contributed by atoms with van der Waals surface area (Å²) in [6, 6.07) is 16.9. The zero-order chi connectivity index (χ0) is 18.5. The van der Waals surface area contributed by atoms with Crippen molar-refractivity contribution < 1.29 is 9.59 Å². The molecule has 0 aromatic heterocycles. The van der Waals surface area contributed by atoms with Crippen LogP contribution in [0.2, 0.25) is 0 Å². The van der Waals surface area contributed by atoms with Crippen molar-refractivity contribution in [2.75, 3.05) is 26.7 Å². The molecule has 1 heterocycles. The maximum Gasteiger partial charge on any atom is 0.312 e. The van der Waals surface area contributed by atoms with Crippen molar-refractivity contribution in [1.29, 1.82) is 0 Å². The molecule has 0 saturated carbocycles. The van der Waals surface area contributed by atoms with Gasteiger partial charge < -0.3 is 20.9 Å². The molecule has 1 fully saturated rings. The van der Waals surface area contributed by atoms with Gasteiger partial charge in [0.2, 0.25) is 0 Å². The van der Waals surface area contributed by atoms with Gasteiger partial charge in [-0.1, -0.05) is 42.5 Å². The molecule has 6 nitrogen and oxygen atoms in total. The van der Waals surface area contributed by atoms with Gasteiger partial charge in [-0.2, -0.15) is 0 Å². The van der Waals surface area contributed by atoms with Gasteiger partial charge in [-0.05, 0) is 30.3 Å². The third-order valence-corrected chi connectivity index (χ3v) is 4.70. The molecule has 3 N–H and O–H groups in total. The number of nitrogens with zero attached hydrogens (tertiary/aromatic N) is 2. The second kappa shape index (κ2) is 8.01. The Morgan fingerprint density at radius 1 is 1.08 bits per heavy atom. The summed E-state index contributed by atoms with van der Waals surface area (Å²) in [4.78, 5) is 28.1. The van der Waals surface area contributed by atoms with E-state index in [2.05, 4.69) is 29.4 Å². The van der Waals surface area contributed by atoms with E-state index in [-0.39, 0.29) is 11.9 Å². The summed E-state index contributed by atoms with van der Waals surface area (Å²) in [5, 5.41) is 2.55. The monoisotopic (exact) mass is 352 g/mol. The fourth-order valence-corrected chi connectivity index (χ4v) is 3.24. The lowest BCUT2D eigenvalue weighted by atomic mass is 10.0. The number of likely N-dealkylation sites (N-methyl/N-ethyl adjacent to an activating group) is 1. The Hall–Kier alpha value is -2.86. The Bertz CT molecular complexity index is 761. The van der Waals surface area contributed by atoms with Crippen molar-refractivity contribution in [3.63, 3.8) is 0 Å². The van der Waals surface area contributed by atoms with Gasteiger partial charge in [0, 0.05) is 31.7 Å². The molecule has 2 aromatic rings. The Balaban J connectivity index is 1.77. The van der Waals surface area contributed by atoms with Crippen molar-refractivity contribution in [2.45, 2.75) is 12.6 Å². The molecular formula is C20H24N4O2. The average Bonchev–Trinajstić information content (AvgIpc) is 2.67. The van der Waals surface area contributed by atoms with E-state index in [1.165, 1.54) is 0 Å². The minimum atomic E-state index is -0.562. The molecule has 136 valence electrons. The third-order valence-electron chi connectivity index (χ3n) is 4.70. The molecule has 1 atom stereocenters. The summed E-state index contributed by atoms with van der Waals surface area (Å²) in [6.45, 7) is 2.72. The van der Waals surface area contributed by atoms with Crippen LogP contribution < -0.4 is 11.1 Å². The van der Waals surface area contributed by atoms with Gasteiger partial charge in [0.25, 0.3) is 5.91 Å². The molecule has 0 spiro atoms. The van der Waals surface area contributed by atoms with Crippen LogP contribution in [0.25, 0.3) is 0 Å². The summed E-state index contributed by atoms with van der Waals surface area (Å²) in [7, 11) is 2.08. The fraction of sp³-hybridized carbons (Fsp3) is 0.300. The summed E-state index contributed by atoms with van der Waals surface area (Å²) in [5.41, 5.74) is 7.78. The SMILES string of the molecule is CN1CCN(C(=O)c2ccc(CNC(N)=O)cc2)[C@H](c2ccccc2)C1. The number of carbonyl (C=O) groups excluding carboxylic acids is 2. The number of benzene rings is 2. The van der Waals surface area contributed by atoms with Crippen LogP contribution in [-0.2, 0) is 6.54 Å². The number of primary amides is 1. The highest BCUT2D eigenvalue weighted by atomic mass is 16.2. The van der Waals surface area contributed by atoms with E-state index in [4.69, 9.17) is 5.73 Å². The van der Waals surface area contributed by atoms with Crippen LogP contribution in [-0.4, -0.2) is 48.4 Å². The molecule has 0 aliphatic carbocycles. The highest BCUT2D eigenvalue weighted by molar-refractivity contribution is 5.94. The quantitative estimate of drug-likeness (QED) is 0.883. The molecule has 1 aliphatic rings. The molecule has 3 rings (SSSR count). The summed E-state index contributed by atoms with van der Waals surface area (Å²) in [6.07, 6.45) is 0. The molecule has 6 heteroatoms. The van der Waals surface area contributed by atoms with Gasteiger partial charge in [0.05, 0.1) is 6.04 Å². The van der Waals surface area contributed by atoms with Crippen LogP contribution in [0, 0.1) is 0 Å². The van der Waals surface area contributed by atoms with E-state index in [1.807, 2.05) is 35.2 Å². The number of nitrogens with two attached hydrogens (primary N) is 1. The number of hydrogen-bond donors (Lipinski definition) is 2. The lowest BCUT2D eigenvalue weighted by Crippen LogP contribution is -2.49.